The van der Waals surface area contributed by atoms with Gasteiger partial charge in [-0.05, 0) is 24.6 Å². The zero-order valence-electron chi connectivity index (χ0n) is 7.31. The van der Waals surface area contributed by atoms with Crippen LogP contribution < -0.4 is 0 Å². The Morgan fingerprint density at radius 1 is 1.54 bits per heavy atom. The van der Waals surface area contributed by atoms with Crippen LogP contribution in [0.25, 0.3) is 0 Å². The number of ketones is 1. The molecule has 1 rings (SSSR count). The van der Waals surface area contributed by atoms with Gasteiger partial charge in [0.05, 0.1) is 5.56 Å². The lowest BCUT2D eigenvalue weighted by molar-refractivity contribution is 0.0978. The first-order chi connectivity index (χ1) is 6.15. The Hall–Kier alpha value is -0.890. The molecule has 0 heterocycles. The molecule has 1 aromatic rings. The van der Waals surface area contributed by atoms with E-state index in [0.29, 0.717) is 11.4 Å². The standard InChI is InChI=1S/C10H10ClFO/c1-2-3-10(13)8-5-4-7(11)6-9(8)12/h4-6H,2-3H2,1H3. The molecular formula is C10H10ClFO. The van der Waals surface area contributed by atoms with Crippen LogP contribution in [0.3, 0.4) is 0 Å². The molecule has 0 radical (unpaired) electrons. The molecule has 0 aliphatic rings. The van der Waals surface area contributed by atoms with Crippen molar-refractivity contribution in [3.63, 3.8) is 0 Å². The van der Waals surface area contributed by atoms with E-state index in [9.17, 15) is 9.18 Å². The van der Waals surface area contributed by atoms with Gasteiger partial charge in [-0.1, -0.05) is 18.5 Å². The summed E-state index contributed by atoms with van der Waals surface area (Å²) >= 11 is 5.55. The maximum atomic E-state index is 13.1. The fourth-order valence-electron chi connectivity index (χ4n) is 1.08. The van der Waals surface area contributed by atoms with Gasteiger partial charge in [0.15, 0.2) is 5.78 Å². The minimum Gasteiger partial charge on any atom is -0.294 e. The molecule has 0 fully saturated rings. The first kappa shape index (κ1) is 10.2. The van der Waals surface area contributed by atoms with E-state index < -0.39 is 5.82 Å². The van der Waals surface area contributed by atoms with Crippen LogP contribution in [-0.4, -0.2) is 5.78 Å². The average molecular weight is 201 g/mol. The molecule has 0 atom stereocenters. The number of hydrogen-bond donors (Lipinski definition) is 0. The minimum absolute atomic E-state index is 0.131. The van der Waals surface area contributed by atoms with Crippen LogP contribution in [0.4, 0.5) is 4.39 Å². The van der Waals surface area contributed by atoms with Crippen LogP contribution in [-0.2, 0) is 0 Å². The molecule has 3 heteroatoms. The highest BCUT2D eigenvalue weighted by Crippen LogP contribution is 2.16. The Balaban J connectivity index is 2.95. The van der Waals surface area contributed by atoms with Crippen LogP contribution in [0.5, 0.6) is 0 Å². The SMILES string of the molecule is CCCC(=O)c1ccc(Cl)cc1F. The van der Waals surface area contributed by atoms with E-state index >= 15 is 0 Å². The van der Waals surface area contributed by atoms with Gasteiger partial charge in [0.25, 0.3) is 0 Å². The molecule has 70 valence electrons. The summed E-state index contributed by atoms with van der Waals surface area (Å²) in [7, 11) is 0. The van der Waals surface area contributed by atoms with Crippen LogP contribution in [0, 0.1) is 5.82 Å². The van der Waals surface area contributed by atoms with Crippen molar-refractivity contribution in [3.8, 4) is 0 Å². The maximum Gasteiger partial charge on any atom is 0.165 e. The monoisotopic (exact) mass is 200 g/mol. The van der Waals surface area contributed by atoms with Crippen molar-refractivity contribution in [2.75, 3.05) is 0 Å². The number of benzene rings is 1. The second kappa shape index (κ2) is 4.38. The number of Topliss-reactive ketones (excluding diaryl/α,β-unsaturated/α-hetero) is 1. The summed E-state index contributed by atoms with van der Waals surface area (Å²) in [6.07, 6.45) is 1.10. The van der Waals surface area contributed by atoms with Crippen molar-refractivity contribution in [3.05, 3.63) is 34.6 Å². The number of hydrogen-bond acceptors (Lipinski definition) is 1. The summed E-state index contributed by atoms with van der Waals surface area (Å²) < 4.78 is 13.1. The van der Waals surface area contributed by atoms with Gasteiger partial charge in [-0.2, -0.15) is 0 Å². The molecule has 0 amide bonds. The molecule has 0 N–H and O–H groups in total. The van der Waals surface area contributed by atoms with Crippen LogP contribution in [0.2, 0.25) is 5.02 Å². The highest BCUT2D eigenvalue weighted by Gasteiger charge is 2.10. The fourth-order valence-corrected chi connectivity index (χ4v) is 1.24. The van der Waals surface area contributed by atoms with E-state index in [1.165, 1.54) is 12.1 Å². The van der Waals surface area contributed by atoms with Crippen molar-refractivity contribution in [1.29, 1.82) is 0 Å². The quantitative estimate of drug-likeness (QED) is 0.683. The molecule has 0 unspecified atom stereocenters. The lowest BCUT2D eigenvalue weighted by atomic mass is 10.1. The van der Waals surface area contributed by atoms with Crippen LogP contribution in [0.15, 0.2) is 18.2 Å². The van der Waals surface area contributed by atoms with Crippen LogP contribution in [0.1, 0.15) is 30.1 Å². The molecule has 0 aromatic heterocycles. The predicted molar refractivity (Wildman–Crippen MR) is 50.6 cm³/mol. The number of carbonyl (C=O) groups excluding carboxylic acids is 1. The summed E-state index contributed by atoms with van der Waals surface area (Å²) in [5, 5.41) is 0.311. The topological polar surface area (TPSA) is 17.1 Å². The van der Waals surface area contributed by atoms with E-state index in [-0.39, 0.29) is 11.3 Å². The molecular weight excluding hydrogens is 191 g/mol. The maximum absolute atomic E-state index is 13.1. The van der Waals surface area contributed by atoms with Crippen molar-refractivity contribution in [2.24, 2.45) is 0 Å². The van der Waals surface area contributed by atoms with E-state index in [1.807, 2.05) is 6.92 Å². The van der Waals surface area contributed by atoms with Gasteiger partial charge in [-0.15, -0.1) is 0 Å². The lowest BCUT2D eigenvalue weighted by Gasteiger charge is -2.00. The Morgan fingerprint density at radius 3 is 2.77 bits per heavy atom. The Labute approximate surface area is 81.5 Å². The van der Waals surface area contributed by atoms with Gasteiger partial charge in [0.1, 0.15) is 5.82 Å². The largest absolute Gasteiger partial charge is 0.294 e. The summed E-state index contributed by atoms with van der Waals surface area (Å²) in [5.74, 6) is -0.706. The summed E-state index contributed by atoms with van der Waals surface area (Å²) in [4.78, 5) is 11.3. The molecule has 0 aliphatic carbocycles. The first-order valence-corrected chi connectivity index (χ1v) is 4.51. The lowest BCUT2D eigenvalue weighted by Crippen LogP contribution is -2.01. The molecule has 1 nitrogen and oxygen atoms in total. The van der Waals surface area contributed by atoms with Crippen molar-refractivity contribution in [2.45, 2.75) is 19.8 Å². The van der Waals surface area contributed by atoms with E-state index in [1.54, 1.807) is 0 Å². The second-order valence-corrected chi connectivity index (χ2v) is 3.23. The van der Waals surface area contributed by atoms with Gasteiger partial charge >= 0.3 is 0 Å². The van der Waals surface area contributed by atoms with Gasteiger partial charge in [0.2, 0.25) is 0 Å². The minimum atomic E-state index is -0.536. The first-order valence-electron chi connectivity index (χ1n) is 4.13. The molecule has 13 heavy (non-hydrogen) atoms. The van der Waals surface area contributed by atoms with Gasteiger partial charge in [-0.25, -0.2) is 4.39 Å². The van der Waals surface area contributed by atoms with Crippen molar-refractivity contribution >= 4 is 17.4 Å². The Morgan fingerprint density at radius 2 is 2.23 bits per heavy atom. The van der Waals surface area contributed by atoms with Crippen molar-refractivity contribution < 1.29 is 9.18 Å². The third-order valence-corrected chi connectivity index (χ3v) is 1.94. The molecule has 0 saturated heterocycles. The predicted octanol–water partition coefficient (Wildman–Crippen LogP) is 3.46. The Bertz CT molecular complexity index is 323. The highest BCUT2D eigenvalue weighted by molar-refractivity contribution is 6.30. The van der Waals surface area contributed by atoms with Gasteiger partial charge in [-0.3, -0.25) is 4.79 Å². The summed E-state index contributed by atoms with van der Waals surface area (Å²) in [6, 6.07) is 4.10. The second-order valence-electron chi connectivity index (χ2n) is 2.80. The van der Waals surface area contributed by atoms with Gasteiger partial charge < -0.3 is 0 Å². The number of carbonyl (C=O) groups is 1. The van der Waals surface area contributed by atoms with E-state index in [2.05, 4.69) is 0 Å². The summed E-state index contributed by atoms with van der Waals surface area (Å²) in [5.41, 5.74) is 0.131. The zero-order chi connectivity index (χ0) is 9.84. The normalized spacial score (nSPS) is 10.1. The molecule has 0 aliphatic heterocycles. The average Bonchev–Trinajstić information content (AvgIpc) is 2.04. The molecule has 0 spiro atoms. The van der Waals surface area contributed by atoms with E-state index in [0.717, 1.165) is 12.5 Å². The van der Waals surface area contributed by atoms with Crippen LogP contribution >= 0.6 is 11.6 Å². The third kappa shape index (κ3) is 2.52. The van der Waals surface area contributed by atoms with Crippen molar-refractivity contribution in [1.82, 2.24) is 0 Å². The summed E-state index contributed by atoms with van der Waals surface area (Å²) in [6.45, 7) is 1.88. The highest BCUT2D eigenvalue weighted by atomic mass is 35.5. The molecule has 0 bridgehead atoms. The smallest absolute Gasteiger partial charge is 0.165 e. The molecule has 1 aromatic carbocycles. The fraction of sp³-hybridized carbons (Fsp3) is 0.300. The third-order valence-electron chi connectivity index (χ3n) is 1.71. The van der Waals surface area contributed by atoms with E-state index in [4.69, 9.17) is 11.6 Å². The molecule has 0 saturated carbocycles. The van der Waals surface area contributed by atoms with Gasteiger partial charge in [0, 0.05) is 11.4 Å². The zero-order valence-corrected chi connectivity index (χ0v) is 8.07. The number of rotatable bonds is 3. The number of halogens is 2. The Kier molecular flexibility index (Phi) is 3.43.